The van der Waals surface area contributed by atoms with Gasteiger partial charge in [0.25, 0.3) is 0 Å². The van der Waals surface area contributed by atoms with Crippen LogP contribution in [0.1, 0.15) is 38.7 Å². The average Bonchev–Trinajstić information content (AvgIpc) is 3.26. The summed E-state index contributed by atoms with van der Waals surface area (Å²) in [6.45, 7) is 7.00. The summed E-state index contributed by atoms with van der Waals surface area (Å²) in [5, 5.41) is 3.62. The van der Waals surface area contributed by atoms with E-state index in [0.717, 1.165) is 31.4 Å². The first-order chi connectivity index (χ1) is 9.63. The van der Waals surface area contributed by atoms with E-state index in [1.54, 1.807) is 7.11 Å². The minimum atomic E-state index is 0.0838. The predicted octanol–water partition coefficient (Wildman–Crippen LogP) is 3.13. The van der Waals surface area contributed by atoms with Crippen molar-refractivity contribution >= 4 is 0 Å². The summed E-state index contributed by atoms with van der Waals surface area (Å²) >= 11 is 0. The van der Waals surface area contributed by atoms with E-state index in [1.807, 2.05) is 6.07 Å². The van der Waals surface area contributed by atoms with Gasteiger partial charge in [-0.1, -0.05) is 32.0 Å². The van der Waals surface area contributed by atoms with E-state index in [0.29, 0.717) is 6.61 Å². The molecule has 1 aromatic rings. The lowest BCUT2D eigenvalue weighted by Gasteiger charge is -2.28. The second kappa shape index (κ2) is 7.09. The molecule has 1 aromatic carbocycles. The fourth-order valence-electron chi connectivity index (χ4n) is 2.32. The van der Waals surface area contributed by atoms with Crippen LogP contribution in [0.5, 0.6) is 5.75 Å². The third-order valence-electron chi connectivity index (χ3n) is 3.78. The number of rotatable bonds is 9. The van der Waals surface area contributed by atoms with Crippen molar-refractivity contribution in [1.82, 2.24) is 5.32 Å². The Morgan fingerprint density at radius 1 is 1.20 bits per heavy atom. The molecule has 3 heteroatoms. The Balaban J connectivity index is 1.97. The molecule has 0 bridgehead atoms. The number of para-hydroxylation sites is 1. The highest BCUT2D eigenvalue weighted by molar-refractivity contribution is 5.39. The summed E-state index contributed by atoms with van der Waals surface area (Å²) in [6.07, 6.45) is 3.57. The van der Waals surface area contributed by atoms with Crippen LogP contribution in [0.15, 0.2) is 24.3 Å². The van der Waals surface area contributed by atoms with Gasteiger partial charge in [-0.15, -0.1) is 0 Å². The molecule has 0 heterocycles. The molecule has 0 spiro atoms. The molecule has 1 aliphatic carbocycles. The van der Waals surface area contributed by atoms with E-state index < -0.39 is 0 Å². The smallest absolute Gasteiger partial charge is 0.123 e. The number of ether oxygens (including phenoxy) is 2. The summed E-state index contributed by atoms with van der Waals surface area (Å²) in [5.74, 6) is 1.01. The molecule has 1 saturated carbocycles. The van der Waals surface area contributed by atoms with Gasteiger partial charge in [-0.25, -0.2) is 0 Å². The van der Waals surface area contributed by atoms with E-state index in [4.69, 9.17) is 9.47 Å². The Morgan fingerprint density at radius 2 is 1.95 bits per heavy atom. The minimum Gasteiger partial charge on any atom is -0.493 e. The van der Waals surface area contributed by atoms with Gasteiger partial charge in [0.05, 0.1) is 6.61 Å². The Hall–Kier alpha value is -1.06. The second-order valence-electron chi connectivity index (χ2n) is 6.23. The first-order valence-corrected chi connectivity index (χ1v) is 7.58. The van der Waals surface area contributed by atoms with Crippen LogP contribution in [0, 0.1) is 0 Å². The highest BCUT2D eigenvalue weighted by atomic mass is 16.5. The Labute approximate surface area is 122 Å². The second-order valence-corrected chi connectivity index (χ2v) is 6.23. The van der Waals surface area contributed by atoms with Crippen molar-refractivity contribution in [1.29, 1.82) is 0 Å². The van der Waals surface area contributed by atoms with Crippen molar-refractivity contribution in [2.75, 3.05) is 26.9 Å². The van der Waals surface area contributed by atoms with E-state index in [9.17, 15) is 0 Å². The number of benzene rings is 1. The Bertz CT molecular complexity index is 413. The number of hydrogen-bond acceptors (Lipinski definition) is 3. The summed E-state index contributed by atoms with van der Waals surface area (Å²) in [6, 6.07) is 9.13. The summed E-state index contributed by atoms with van der Waals surface area (Å²) in [7, 11) is 1.72. The van der Waals surface area contributed by atoms with Gasteiger partial charge in [-0.3, -0.25) is 0 Å². The molecule has 20 heavy (non-hydrogen) atoms. The Morgan fingerprint density at radius 3 is 2.65 bits per heavy atom. The molecule has 0 aliphatic heterocycles. The van der Waals surface area contributed by atoms with Crippen molar-refractivity contribution in [2.45, 2.75) is 44.6 Å². The normalized spacial score (nSPS) is 15.3. The zero-order valence-electron chi connectivity index (χ0n) is 12.9. The fraction of sp³-hybridized carbons (Fsp3) is 0.647. The molecule has 0 aromatic heterocycles. The maximum Gasteiger partial charge on any atom is 0.123 e. The maximum atomic E-state index is 5.94. The topological polar surface area (TPSA) is 30.5 Å². The van der Waals surface area contributed by atoms with Crippen LogP contribution >= 0.6 is 0 Å². The lowest BCUT2D eigenvalue weighted by Crippen LogP contribution is -2.34. The first kappa shape index (κ1) is 15.3. The van der Waals surface area contributed by atoms with Crippen molar-refractivity contribution in [3.8, 4) is 5.75 Å². The first-order valence-electron chi connectivity index (χ1n) is 7.58. The van der Waals surface area contributed by atoms with Gasteiger partial charge in [0.1, 0.15) is 5.75 Å². The quantitative estimate of drug-likeness (QED) is 0.703. The third-order valence-corrected chi connectivity index (χ3v) is 3.78. The molecule has 0 unspecified atom stereocenters. The predicted molar refractivity (Wildman–Crippen MR) is 82.5 cm³/mol. The molecular formula is C17H27NO2. The minimum absolute atomic E-state index is 0.0838. The summed E-state index contributed by atoms with van der Waals surface area (Å²) in [5.41, 5.74) is 1.37. The van der Waals surface area contributed by atoms with Gasteiger partial charge in [0.15, 0.2) is 0 Å². The molecular weight excluding hydrogens is 250 g/mol. The molecule has 0 amide bonds. The van der Waals surface area contributed by atoms with E-state index in [-0.39, 0.29) is 5.41 Å². The van der Waals surface area contributed by atoms with Gasteiger partial charge < -0.3 is 14.8 Å². The van der Waals surface area contributed by atoms with Crippen LogP contribution in [-0.2, 0) is 10.2 Å². The van der Waals surface area contributed by atoms with Crippen LogP contribution in [-0.4, -0.2) is 32.9 Å². The zero-order chi connectivity index (χ0) is 14.4. The maximum absolute atomic E-state index is 5.94. The lowest BCUT2D eigenvalue weighted by atomic mass is 9.84. The molecule has 1 fully saturated rings. The third kappa shape index (κ3) is 4.50. The van der Waals surface area contributed by atoms with Crippen LogP contribution < -0.4 is 10.1 Å². The van der Waals surface area contributed by atoms with Gasteiger partial charge >= 0.3 is 0 Å². The molecule has 2 rings (SSSR count). The van der Waals surface area contributed by atoms with E-state index in [2.05, 4.69) is 37.4 Å². The van der Waals surface area contributed by atoms with Gasteiger partial charge in [-0.05, 0) is 18.9 Å². The van der Waals surface area contributed by atoms with Crippen molar-refractivity contribution in [3.05, 3.63) is 29.8 Å². The fourth-order valence-corrected chi connectivity index (χ4v) is 2.32. The zero-order valence-corrected chi connectivity index (χ0v) is 12.9. The van der Waals surface area contributed by atoms with Crippen molar-refractivity contribution in [2.24, 2.45) is 0 Å². The number of methoxy groups -OCH3 is 1. The molecule has 0 atom stereocenters. The molecule has 0 saturated heterocycles. The van der Waals surface area contributed by atoms with E-state index in [1.165, 1.54) is 18.4 Å². The van der Waals surface area contributed by atoms with Gasteiger partial charge in [0.2, 0.25) is 0 Å². The van der Waals surface area contributed by atoms with Crippen LogP contribution in [0.25, 0.3) is 0 Å². The van der Waals surface area contributed by atoms with Crippen LogP contribution in [0.3, 0.4) is 0 Å². The number of nitrogens with one attached hydrogen (secondary N) is 1. The standard InChI is InChI=1S/C17H27NO2/c1-17(2,13-18-14-9-10-14)15-7-4-5-8-16(15)20-12-6-11-19-3/h4-5,7-8,14,18H,6,9-13H2,1-3H3. The highest BCUT2D eigenvalue weighted by Gasteiger charge is 2.28. The van der Waals surface area contributed by atoms with Crippen molar-refractivity contribution < 1.29 is 9.47 Å². The summed E-state index contributed by atoms with van der Waals surface area (Å²) < 4.78 is 11.0. The average molecular weight is 277 g/mol. The molecule has 112 valence electrons. The molecule has 1 N–H and O–H groups in total. The van der Waals surface area contributed by atoms with Crippen molar-refractivity contribution in [3.63, 3.8) is 0 Å². The van der Waals surface area contributed by atoms with Gasteiger partial charge in [0, 0.05) is 43.7 Å². The lowest BCUT2D eigenvalue weighted by molar-refractivity contribution is 0.171. The summed E-state index contributed by atoms with van der Waals surface area (Å²) in [4.78, 5) is 0. The van der Waals surface area contributed by atoms with Crippen LogP contribution in [0.4, 0.5) is 0 Å². The van der Waals surface area contributed by atoms with Crippen LogP contribution in [0.2, 0.25) is 0 Å². The molecule has 1 aliphatic rings. The largest absolute Gasteiger partial charge is 0.493 e. The number of hydrogen-bond donors (Lipinski definition) is 1. The SMILES string of the molecule is COCCCOc1ccccc1C(C)(C)CNC1CC1. The Kier molecular flexibility index (Phi) is 5.44. The molecule has 3 nitrogen and oxygen atoms in total. The highest BCUT2D eigenvalue weighted by Crippen LogP contribution is 2.32. The molecule has 0 radical (unpaired) electrons. The monoisotopic (exact) mass is 277 g/mol. The van der Waals surface area contributed by atoms with Gasteiger partial charge in [-0.2, -0.15) is 0 Å². The van der Waals surface area contributed by atoms with E-state index >= 15 is 0 Å².